The lowest BCUT2D eigenvalue weighted by Crippen LogP contribution is -2.45. The van der Waals surface area contributed by atoms with Gasteiger partial charge in [-0.05, 0) is 30.6 Å². The van der Waals surface area contributed by atoms with E-state index in [9.17, 15) is 4.79 Å². The zero-order valence-corrected chi connectivity index (χ0v) is 8.50. The number of carbonyl (C=O) groups excluding carboxylic acids is 1. The SMILES string of the molecule is CSCCC(N)C(=O)NC(N)=S. The minimum Gasteiger partial charge on any atom is -0.376 e. The van der Waals surface area contributed by atoms with Gasteiger partial charge in [0.15, 0.2) is 5.11 Å². The van der Waals surface area contributed by atoms with Crippen LogP contribution in [0.25, 0.3) is 0 Å². The van der Waals surface area contributed by atoms with Crippen LogP contribution in [-0.2, 0) is 4.79 Å². The number of hydrogen-bond acceptors (Lipinski definition) is 4. The molecular formula is C6H13N3OS2. The molecule has 0 radical (unpaired) electrons. The molecule has 1 unspecified atom stereocenters. The predicted octanol–water partition coefficient (Wildman–Crippen LogP) is -0.573. The fourth-order valence-electron chi connectivity index (χ4n) is 0.590. The van der Waals surface area contributed by atoms with Gasteiger partial charge in [-0.15, -0.1) is 0 Å². The topological polar surface area (TPSA) is 81.1 Å². The van der Waals surface area contributed by atoms with Gasteiger partial charge in [0.05, 0.1) is 6.04 Å². The Morgan fingerprint density at radius 3 is 2.75 bits per heavy atom. The van der Waals surface area contributed by atoms with Gasteiger partial charge in [-0.25, -0.2) is 0 Å². The van der Waals surface area contributed by atoms with Crippen LogP contribution in [-0.4, -0.2) is 29.1 Å². The maximum atomic E-state index is 11.0. The van der Waals surface area contributed by atoms with Crippen LogP contribution in [0, 0.1) is 0 Å². The van der Waals surface area contributed by atoms with E-state index >= 15 is 0 Å². The first-order chi connectivity index (χ1) is 5.57. The van der Waals surface area contributed by atoms with E-state index in [1.165, 1.54) is 0 Å². The highest BCUT2D eigenvalue weighted by molar-refractivity contribution is 7.98. The number of hydrogen-bond donors (Lipinski definition) is 3. The molecule has 0 spiro atoms. The van der Waals surface area contributed by atoms with E-state index in [0.29, 0.717) is 6.42 Å². The zero-order chi connectivity index (χ0) is 9.56. The van der Waals surface area contributed by atoms with Crippen LogP contribution < -0.4 is 16.8 Å². The molecule has 70 valence electrons. The van der Waals surface area contributed by atoms with Gasteiger partial charge in [-0.3, -0.25) is 4.79 Å². The highest BCUT2D eigenvalue weighted by Gasteiger charge is 2.12. The van der Waals surface area contributed by atoms with E-state index in [1.807, 2.05) is 6.26 Å². The molecule has 12 heavy (non-hydrogen) atoms. The Kier molecular flexibility index (Phi) is 6.04. The van der Waals surface area contributed by atoms with E-state index in [0.717, 1.165) is 5.75 Å². The van der Waals surface area contributed by atoms with E-state index < -0.39 is 6.04 Å². The van der Waals surface area contributed by atoms with Gasteiger partial charge >= 0.3 is 0 Å². The van der Waals surface area contributed by atoms with Crippen LogP contribution in [0.15, 0.2) is 0 Å². The molecule has 0 aliphatic rings. The largest absolute Gasteiger partial charge is 0.376 e. The lowest BCUT2D eigenvalue weighted by molar-refractivity contribution is -0.120. The number of amides is 1. The summed E-state index contributed by atoms with van der Waals surface area (Å²) >= 11 is 6.13. The van der Waals surface area contributed by atoms with Crippen molar-refractivity contribution in [1.29, 1.82) is 0 Å². The average Bonchev–Trinajstić information content (AvgIpc) is 1.98. The van der Waals surface area contributed by atoms with Gasteiger partial charge in [-0.2, -0.15) is 11.8 Å². The summed E-state index contributed by atoms with van der Waals surface area (Å²) in [5, 5.41) is 2.26. The molecular weight excluding hydrogens is 194 g/mol. The van der Waals surface area contributed by atoms with E-state index in [1.54, 1.807) is 11.8 Å². The first-order valence-electron chi connectivity index (χ1n) is 3.42. The van der Waals surface area contributed by atoms with Gasteiger partial charge in [0.2, 0.25) is 5.91 Å². The van der Waals surface area contributed by atoms with Gasteiger partial charge in [0.25, 0.3) is 0 Å². The maximum Gasteiger partial charge on any atom is 0.243 e. The molecule has 0 rings (SSSR count). The van der Waals surface area contributed by atoms with Crippen LogP contribution in [0.5, 0.6) is 0 Å². The summed E-state index contributed by atoms with van der Waals surface area (Å²) in [7, 11) is 0. The summed E-state index contributed by atoms with van der Waals surface area (Å²) in [6.45, 7) is 0. The Morgan fingerprint density at radius 1 is 1.75 bits per heavy atom. The van der Waals surface area contributed by atoms with E-state index in [-0.39, 0.29) is 11.0 Å². The molecule has 0 aromatic heterocycles. The minimum absolute atomic E-state index is 0.0281. The molecule has 0 saturated heterocycles. The standard InChI is InChI=1S/C6H13N3OS2/c1-12-3-2-4(7)5(10)9-6(8)11/h4H,2-3,7H2,1H3,(H3,8,9,10,11). The molecule has 6 heteroatoms. The van der Waals surface area contributed by atoms with Gasteiger partial charge in [0.1, 0.15) is 0 Å². The molecule has 0 aromatic rings. The van der Waals surface area contributed by atoms with Crippen molar-refractivity contribution in [2.75, 3.05) is 12.0 Å². The van der Waals surface area contributed by atoms with Crippen molar-refractivity contribution >= 4 is 35.0 Å². The third kappa shape index (κ3) is 5.34. The average molecular weight is 207 g/mol. The Morgan fingerprint density at radius 2 is 2.33 bits per heavy atom. The third-order valence-corrected chi connectivity index (χ3v) is 1.96. The maximum absolute atomic E-state index is 11.0. The zero-order valence-electron chi connectivity index (χ0n) is 6.87. The summed E-state index contributed by atoms with van der Waals surface area (Å²) in [5.41, 5.74) is 10.6. The number of thiocarbonyl (C=S) groups is 1. The van der Waals surface area contributed by atoms with Crippen molar-refractivity contribution < 1.29 is 4.79 Å². The van der Waals surface area contributed by atoms with Crippen molar-refractivity contribution in [3.8, 4) is 0 Å². The lowest BCUT2D eigenvalue weighted by atomic mass is 10.2. The fraction of sp³-hybridized carbons (Fsp3) is 0.667. The van der Waals surface area contributed by atoms with E-state index in [2.05, 4.69) is 17.5 Å². The van der Waals surface area contributed by atoms with Crippen LogP contribution in [0.3, 0.4) is 0 Å². The first kappa shape index (κ1) is 11.7. The smallest absolute Gasteiger partial charge is 0.243 e. The molecule has 0 aromatic carbocycles. The highest BCUT2D eigenvalue weighted by Crippen LogP contribution is 1.98. The normalized spacial score (nSPS) is 12.2. The molecule has 0 aliphatic heterocycles. The van der Waals surface area contributed by atoms with Crippen LogP contribution in [0.1, 0.15) is 6.42 Å². The van der Waals surface area contributed by atoms with Crippen LogP contribution >= 0.6 is 24.0 Å². The Hall–Kier alpha value is -0.330. The molecule has 0 heterocycles. The summed E-state index contributed by atoms with van der Waals surface area (Å²) in [6.07, 6.45) is 2.59. The van der Waals surface area contributed by atoms with Crippen molar-refractivity contribution in [2.45, 2.75) is 12.5 Å². The molecule has 1 atom stereocenters. The quantitative estimate of drug-likeness (QED) is 0.538. The second kappa shape index (κ2) is 6.22. The molecule has 4 nitrogen and oxygen atoms in total. The van der Waals surface area contributed by atoms with Crippen molar-refractivity contribution in [1.82, 2.24) is 5.32 Å². The summed E-state index contributed by atoms with van der Waals surface area (Å²) < 4.78 is 0. The summed E-state index contributed by atoms with van der Waals surface area (Å²) in [5.74, 6) is 0.544. The Bertz CT molecular complexity index is 174. The number of nitrogens with two attached hydrogens (primary N) is 2. The number of rotatable bonds is 4. The van der Waals surface area contributed by atoms with Crippen molar-refractivity contribution in [2.24, 2.45) is 11.5 Å². The molecule has 0 aliphatic carbocycles. The van der Waals surface area contributed by atoms with Crippen LogP contribution in [0.4, 0.5) is 0 Å². The molecule has 1 amide bonds. The molecule has 0 saturated carbocycles. The predicted molar refractivity (Wildman–Crippen MR) is 55.9 cm³/mol. The van der Waals surface area contributed by atoms with Gasteiger partial charge in [0, 0.05) is 0 Å². The minimum atomic E-state index is -0.515. The highest BCUT2D eigenvalue weighted by atomic mass is 32.2. The molecule has 0 bridgehead atoms. The summed E-state index contributed by atoms with van der Waals surface area (Å²) in [6, 6.07) is -0.515. The fourth-order valence-corrected chi connectivity index (χ4v) is 1.18. The van der Waals surface area contributed by atoms with Gasteiger partial charge in [-0.1, -0.05) is 0 Å². The Balaban J connectivity index is 3.69. The lowest BCUT2D eigenvalue weighted by Gasteiger charge is -2.09. The first-order valence-corrected chi connectivity index (χ1v) is 5.23. The van der Waals surface area contributed by atoms with E-state index in [4.69, 9.17) is 11.5 Å². The van der Waals surface area contributed by atoms with Crippen molar-refractivity contribution in [3.63, 3.8) is 0 Å². The number of nitrogens with one attached hydrogen (secondary N) is 1. The van der Waals surface area contributed by atoms with Gasteiger partial charge < -0.3 is 16.8 Å². The Labute approximate surface area is 81.4 Å². The third-order valence-electron chi connectivity index (χ3n) is 1.22. The molecule has 0 fully saturated rings. The summed E-state index contributed by atoms with van der Waals surface area (Å²) in [4.78, 5) is 11.0. The second-order valence-corrected chi connectivity index (χ2v) is 3.67. The van der Waals surface area contributed by atoms with Crippen LogP contribution in [0.2, 0.25) is 0 Å². The monoisotopic (exact) mass is 207 g/mol. The van der Waals surface area contributed by atoms with Crippen molar-refractivity contribution in [3.05, 3.63) is 0 Å². The number of carbonyl (C=O) groups is 1. The number of thioether (sulfide) groups is 1. The molecule has 5 N–H and O–H groups in total. The second-order valence-electron chi connectivity index (χ2n) is 2.24.